The quantitative estimate of drug-likeness (QED) is 0.449. The number of amides is 1. The number of halogens is 5. The van der Waals surface area contributed by atoms with Crippen LogP contribution in [0.4, 0.5) is 23.2 Å². The smallest absolute Gasteiger partial charge is 0.325 e. The molecule has 0 fully saturated rings. The van der Waals surface area contributed by atoms with Crippen LogP contribution in [-0.2, 0) is 11.3 Å². The molecular formula is C17H12ClF4N5OS. The van der Waals surface area contributed by atoms with Gasteiger partial charge < -0.3 is 5.32 Å². The van der Waals surface area contributed by atoms with Crippen molar-refractivity contribution >= 4 is 35.0 Å². The van der Waals surface area contributed by atoms with Crippen molar-refractivity contribution in [2.75, 3.05) is 11.1 Å². The summed E-state index contributed by atoms with van der Waals surface area (Å²) in [5, 5.41) is 9.87. The monoisotopic (exact) mass is 445 g/mol. The van der Waals surface area contributed by atoms with Crippen LogP contribution < -0.4 is 5.32 Å². The summed E-state index contributed by atoms with van der Waals surface area (Å²) < 4.78 is 53.1. The highest BCUT2D eigenvalue weighted by atomic mass is 35.5. The lowest BCUT2D eigenvalue weighted by atomic mass is 10.2. The molecule has 12 heteroatoms. The highest BCUT2D eigenvalue weighted by Crippen LogP contribution is 2.28. The molecular weight excluding hydrogens is 434 g/mol. The Labute approximate surface area is 171 Å². The van der Waals surface area contributed by atoms with Crippen molar-refractivity contribution in [2.45, 2.75) is 17.9 Å². The fraction of sp³-hybridized carbons (Fsp3) is 0.176. The SMILES string of the molecule is O=C(CSc1nnc(-c2ccncc2)n1CC(F)(F)F)Nc1ccc(F)c(Cl)c1. The molecule has 0 spiro atoms. The average Bonchev–Trinajstić information content (AvgIpc) is 3.04. The first kappa shape index (κ1) is 21.1. The second-order valence-corrected chi connectivity index (χ2v) is 7.06. The first-order valence-corrected chi connectivity index (χ1v) is 9.37. The number of thioether (sulfide) groups is 1. The van der Waals surface area contributed by atoms with Crippen LogP contribution in [0.5, 0.6) is 0 Å². The highest BCUT2D eigenvalue weighted by Gasteiger charge is 2.31. The first-order valence-electron chi connectivity index (χ1n) is 8.01. The zero-order valence-electron chi connectivity index (χ0n) is 14.5. The van der Waals surface area contributed by atoms with Crippen LogP contribution in [0.1, 0.15) is 0 Å². The fourth-order valence-electron chi connectivity index (χ4n) is 2.33. The third-order valence-corrected chi connectivity index (χ3v) is 4.78. The van der Waals surface area contributed by atoms with Gasteiger partial charge in [-0.25, -0.2) is 4.39 Å². The predicted octanol–water partition coefficient (Wildman–Crippen LogP) is 4.43. The third kappa shape index (κ3) is 5.67. The Bertz CT molecular complexity index is 1010. The molecule has 0 aliphatic heterocycles. The highest BCUT2D eigenvalue weighted by molar-refractivity contribution is 7.99. The molecule has 29 heavy (non-hydrogen) atoms. The van der Waals surface area contributed by atoms with E-state index in [2.05, 4.69) is 20.5 Å². The lowest BCUT2D eigenvalue weighted by Crippen LogP contribution is -2.20. The van der Waals surface area contributed by atoms with E-state index in [9.17, 15) is 22.4 Å². The first-order chi connectivity index (χ1) is 13.7. The summed E-state index contributed by atoms with van der Waals surface area (Å²) in [5.74, 6) is -1.38. The molecule has 2 heterocycles. The van der Waals surface area contributed by atoms with Gasteiger partial charge in [0, 0.05) is 23.6 Å². The van der Waals surface area contributed by atoms with Gasteiger partial charge in [-0.05, 0) is 30.3 Å². The molecule has 1 amide bonds. The molecule has 0 aliphatic rings. The Morgan fingerprint density at radius 2 is 1.90 bits per heavy atom. The lowest BCUT2D eigenvalue weighted by Gasteiger charge is -2.12. The maximum atomic E-state index is 13.2. The van der Waals surface area contributed by atoms with Gasteiger partial charge in [-0.2, -0.15) is 13.2 Å². The van der Waals surface area contributed by atoms with E-state index in [1.165, 1.54) is 36.7 Å². The average molecular weight is 446 g/mol. The van der Waals surface area contributed by atoms with Crippen LogP contribution in [0.25, 0.3) is 11.4 Å². The lowest BCUT2D eigenvalue weighted by molar-refractivity contribution is -0.141. The number of alkyl halides is 3. The molecule has 0 saturated carbocycles. The van der Waals surface area contributed by atoms with Gasteiger partial charge in [0.25, 0.3) is 0 Å². The molecule has 3 rings (SSSR count). The summed E-state index contributed by atoms with van der Waals surface area (Å²) in [6.07, 6.45) is -1.65. The minimum absolute atomic E-state index is 0.0120. The number of nitrogens with one attached hydrogen (secondary N) is 1. The van der Waals surface area contributed by atoms with Crippen LogP contribution >= 0.6 is 23.4 Å². The van der Waals surface area contributed by atoms with Crippen LogP contribution in [0.2, 0.25) is 5.02 Å². The number of pyridine rings is 1. The van der Waals surface area contributed by atoms with E-state index < -0.39 is 24.4 Å². The second kappa shape index (κ2) is 8.78. The minimum atomic E-state index is -4.51. The Balaban J connectivity index is 1.75. The van der Waals surface area contributed by atoms with Crippen molar-refractivity contribution in [1.82, 2.24) is 19.7 Å². The van der Waals surface area contributed by atoms with E-state index in [0.29, 0.717) is 5.56 Å². The Kier molecular flexibility index (Phi) is 6.38. The summed E-state index contributed by atoms with van der Waals surface area (Å²) in [6, 6.07) is 6.66. The van der Waals surface area contributed by atoms with Gasteiger partial charge in [0.2, 0.25) is 5.91 Å². The molecule has 2 aromatic heterocycles. The largest absolute Gasteiger partial charge is 0.406 e. The van der Waals surface area contributed by atoms with E-state index in [-0.39, 0.29) is 27.4 Å². The summed E-state index contributed by atoms with van der Waals surface area (Å²) in [6.45, 7) is -1.31. The van der Waals surface area contributed by atoms with Gasteiger partial charge in [-0.3, -0.25) is 14.3 Å². The Hall–Kier alpha value is -2.66. The van der Waals surface area contributed by atoms with Crippen molar-refractivity contribution in [1.29, 1.82) is 0 Å². The molecule has 0 aliphatic carbocycles. The zero-order chi connectivity index (χ0) is 21.0. The number of rotatable bonds is 6. The van der Waals surface area contributed by atoms with Crippen LogP contribution in [0, 0.1) is 5.82 Å². The number of benzene rings is 1. The molecule has 152 valence electrons. The molecule has 1 aromatic carbocycles. The molecule has 0 saturated heterocycles. The molecule has 6 nitrogen and oxygen atoms in total. The molecule has 3 aromatic rings. The van der Waals surface area contributed by atoms with E-state index >= 15 is 0 Å². The zero-order valence-corrected chi connectivity index (χ0v) is 16.0. The van der Waals surface area contributed by atoms with Gasteiger partial charge in [0.1, 0.15) is 12.4 Å². The van der Waals surface area contributed by atoms with Gasteiger partial charge in [0.15, 0.2) is 11.0 Å². The van der Waals surface area contributed by atoms with E-state index in [1.807, 2.05) is 0 Å². The van der Waals surface area contributed by atoms with Gasteiger partial charge in [-0.1, -0.05) is 23.4 Å². The van der Waals surface area contributed by atoms with E-state index in [0.717, 1.165) is 22.4 Å². The number of carbonyl (C=O) groups is 1. The van der Waals surface area contributed by atoms with Crippen LogP contribution in [0.15, 0.2) is 47.9 Å². The van der Waals surface area contributed by atoms with Crippen LogP contribution in [-0.4, -0.2) is 37.6 Å². The summed E-state index contributed by atoms with van der Waals surface area (Å²) in [5.41, 5.74) is 0.672. The van der Waals surface area contributed by atoms with Gasteiger partial charge in [0.05, 0.1) is 10.8 Å². The van der Waals surface area contributed by atoms with Crippen LogP contribution in [0.3, 0.4) is 0 Å². The Morgan fingerprint density at radius 1 is 1.17 bits per heavy atom. The molecule has 0 bridgehead atoms. The van der Waals surface area contributed by atoms with Crippen molar-refractivity contribution in [2.24, 2.45) is 0 Å². The third-order valence-electron chi connectivity index (χ3n) is 3.53. The fourth-order valence-corrected chi connectivity index (χ4v) is 3.25. The van der Waals surface area contributed by atoms with E-state index in [4.69, 9.17) is 11.6 Å². The molecule has 0 unspecified atom stereocenters. The number of hydrogen-bond donors (Lipinski definition) is 1. The normalized spacial score (nSPS) is 11.5. The Morgan fingerprint density at radius 3 is 2.55 bits per heavy atom. The maximum Gasteiger partial charge on any atom is 0.406 e. The summed E-state index contributed by atoms with van der Waals surface area (Å²) in [4.78, 5) is 15.9. The molecule has 0 atom stereocenters. The minimum Gasteiger partial charge on any atom is -0.325 e. The van der Waals surface area contributed by atoms with Gasteiger partial charge >= 0.3 is 6.18 Å². The number of aromatic nitrogens is 4. The van der Waals surface area contributed by atoms with Crippen molar-refractivity contribution in [3.05, 3.63) is 53.6 Å². The number of nitrogens with zero attached hydrogens (tertiary/aromatic N) is 4. The molecule has 0 radical (unpaired) electrons. The van der Waals surface area contributed by atoms with Crippen molar-refractivity contribution in [3.63, 3.8) is 0 Å². The van der Waals surface area contributed by atoms with Crippen molar-refractivity contribution < 1.29 is 22.4 Å². The predicted molar refractivity (Wildman–Crippen MR) is 100 cm³/mol. The van der Waals surface area contributed by atoms with Gasteiger partial charge in [-0.15, -0.1) is 10.2 Å². The topological polar surface area (TPSA) is 72.7 Å². The number of carbonyl (C=O) groups excluding carboxylic acids is 1. The number of anilines is 1. The summed E-state index contributed by atoms with van der Waals surface area (Å²) >= 11 is 6.44. The van der Waals surface area contributed by atoms with E-state index in [1.54, 1.807) is 0 Å². The maximum absolute atomic E-state index is 13.2. The second-order valence-electron chi connectivity index (χ2n) is 5.71. The summed E-state index contributed by atoms with van der Waals surface area (Å²) in [7, 11) is 0. The number of hydrogen-bond acceptors (Lipinski definition) is 5. The van der Waals surface area contributed by atoms with Crippen molar-refractivity contribution in [3.8, 4) is 11.4 Å². The standard InChI is InChI=1S/C17H12ClF4N5OS/c18-12-7-11(1-2-13(12)19)24-14(28)8-29-16-26-25-15(10-3-5-23-6-4-10)27(16)9-17(20,21)22/h1-7H,8-9H2,(H,24,28). The molecule has 1 N–H and O–H groups in total.